The van der Waals surface area contributed by atoms with E-state index >= 15 is 0 Å². The zero-order valence-corrected chi connectivity index (χ0v) is 14.8. The third-order valence-electron chi connectivity index (χ3n) is 4.76. The molecule has 2 nitrogen and oxygen atoms in total. The van der Waals surface area contributed by atoms with Crippen LogP contribution in [-0.4, -0.2) is 12.6 Å². The molecule has 1 saturated heterocycles. The summed E-state index contributed by atoms with van der Waals surface area (Å²) in [4.78, 5) is 0. The fourth-order valence-corrected chi connectivity index (χ4v) is 3.37. The predicted octanol–water partition coefficient (Wildman–Crippen LogP) is 5.73. The Kier molecular flexibility index (Phi) is 6.00. The summed E-state index contributed by atoms with van der Waals surface area (Å²) < 4.78 is 84.0. The standard InChI is InChI=1S/C20H19F6NO/c21-19(22,23)15-9-8-14(16(11-15)20(24,25)26)12-28-17-7-4-10-27-18(17)13-5-2-1-3-6-13/h1-3,5-6,8-9,11,17-18,27H,4,7,10,12H2/t17-,18+/m0/s1. The van der Waals surface area contributed by atoms with Gasteiger partial charge < -0.3 is 10.1 Å². The summed E-state index contributed by atoms with van der Waals surface area (Å²) in [6, 6.07) is 10.9. The van der Waals surface area contributed by atoms with Crippen LogP contribution in [0.2, 0.25) is 0 Å². The summed E-state index contributed by atoms with van der Waals surface area (Å²) in [5, 5.41) is 3.30. The second-order valence-corrected chi connectivity index (χ2v) is 6.70. The Hall–Kier alpha value is -2.06. The van der Waals surface area contributed by atoms with Crippen molar-refractivity contribution < 1.29 is 31.1 Å². The zero-order chi connectivity index (χ0) is 20.4. The van der Waals surface area contributed by atoms with Gasteiger partial charge in [-0.1, -0.05) is 36.4 Å². The van der Waals surface area contributed by atoms with Crippen LogP contribution in [0.3, 0.4) is 0 Å². The second kappa shape index (κ2) is 8.13. The van der Waals surface area contributed by atoms with Gasteiger partial charge in [0.25, 0.3) is 0 Å². The van der Waals surface area contributed by atoms with Crippen LogP contribution in [0.4, 0.5) is 26.3 Å². The minimum Gasteiger partial charge on any atom is -0.372 e. The van der Waals surface area contributed by atoms with Gasteiger partial charge in [0, 0.05) is 0 Å². The summed E-state index contributed by atoms with van der Waals surface area (Å²) >= 11 is 0. The largest absolute Gasteiger partial charge is 0.416 e. The molecule has 0 amide bonds. The van der Waals surface area contributed by atoms with E-state index in [-0.39, 0.29) is 23.8 Å². The summed E-state index contributed by atoms with van der Waals surface area (Å²) in [7, 11) is 0. The van der Waals surface area contributed by atoms with Crippen molar-refractivity contribution in [1.29, 1.82) is 0 Å². The van der Waals surface area contributed by atoms with Crippen LogP contribution in [0.15, 0.2) is 48.5 Å². The van der Waals surface area contributed by atoms with Gasteiger partial charge in [-0.2, -0.15) is 26.3 Å². The van der Waals surface area contributed by atoms with Gasteiger partial charge in [-0.05, 0) is 42.6 Å². The van der Waals surface area contributed by atoms with Crippen LogP contribution in [0, 0.1) is 0 Å². The number of piperidine rings is 1. The fraction of sp³-hybridized carbons (Fsp3) is 0.400. The maximum atomic E-state index is 13.3. The number of nitrogens with one attached hydrogen (secondary N) is 1. The lowest BCUT2D eigenvalue weighted by atomic mass is 9.94. The molecule has 152 valence electrons. The molecule has 2 aromatic rings. The van der Waals surface area contributed by atoms with Crippen LogP contribution in [0.25, 0.3) is 0 Å². The molecule has 1 aliphatic heterocycles. The van der Waals surface area contributed by atoms with Gasteiger partial charge in [-0.25, -0.2) is 0 Å². The topological polar surface area (TPSA) is 21.3 Å². The van der Waals surface area contributed by atoms with Gasteiger partial charge in [-0.15, -0.1) is 0 Å². The summed E-state index contributed by atoms with van der Waals surface area (Å²) in [6.07, 6.45) is -8.67. The van der Waals surface area contributed by atoms with Crippen molar-refractivity contribution in [1.82, 2.24) is 5.32 Å². The predicted molar refractivity (Wildman–Crippen MR) is 91.4 cm³/mol. The molecule has 1 heterocycles. The summed E-state index contributed by atoms with van der Waals surface area (Å²) in [5.41, 5.74) is -2.00. The van der Waals surface area contributed by atoms with Crippen LogP contribution in [0.5, 0.6) is 0 Å². The van der Waals surface area contributed by atoms with Gasteiger partial charge >= 0.3 is 12.4 Å². The van der Waals surface area contributed by atoms with E-state index in [2.05, 4.69) is 5.32 Å². The molecule has 1 fully saturated rings. The van der Waals surface area contributed by atoms with Gasteiger partial charge in [0.1, 0.15) is 0 Å². The molecule has 0 aliphatic carbocycles. The first-order valence-corrected chi connectivity index (χ1v) is 8.83. The number of hydrogen-bond donors (Lipinski definition) is 1. The Morgan fingerprint density at radius 1 is 0.929 bits per heavy atom. The lowest BCUT2D eigenvalue weighted by molar-refractivity contribution is -0.144. The van der Waals surface area contributed by atoms with Crippen LogP contribution >= 0.6 is 0 Å². The van der Waals surface area contributed by atoms with Crippen molar-refractivity contribution in [3.8, 4) is 0 Å². The zero-order valence-electron chi connectivity index (χ0n) is 14.8. The smallest absolute Gasteiger partial charge is 0.372 e. The third-order valence-corrected chi connectivity index (χ3v) is 4.76. The maximum Gasteiger partial charge on any atom is 0.416 e. The molecule has 2 atom stereocenters. The molecule has 28 heavy (non-hydrogen) atoms. The van der Waals surface area contributed by atoms with E-state index in [0.717, 1.165) is 24.6 Å². The highest BCUT2D eigenvalue weighted by Gasteiger charge is 2.38. The van der Waals surface area contributed by atoms with E-state index in [4.69, 9.17) is 4.74 Å². The number of halogens is 6. The Bertz CT molecular complexity index is 788. The van der Waals surface area contributed by atoms with E-state index in [1.54, 1.807) is 0 Å². The molecule has 3 rings (SSSR count). The molecule has 0 bridgehead atoms. The maximum absolute atomic E-state index is 13.3. The molecule has 0 radical (unpaired) electrons. The number of benzene rings is 2. The molecular formula is C20H19F6NO. The van der Waals surface area contributed by atoms with E-state index in [0.29, 0.717) is 12.5 Å². The quantitative estimate of drug-likeness (QED) is 0.658. The van der Waals surface area contributed by atoms with Crippen LogP contribution in [-0.2, 0) is 23.7 Å². The molecule has 0 aromatic heterocycles. The first-order chi connectivity index (χ1) is 13.2. The van der Waals surface area contributed by atoms with Crippen molar-refractivity contribution in [2.24, 2.45) is 0 Å². The molecule has 0 saturated carbocycles. The highest BCUT2D eigenvalue weighted by Crippen LogP contribution is 2.38. The van der Waals surface area contributed by atoms with Crippen LogP contribution < -0.4 is 5.32 Å². The highest BCUT2D eigenvalue weighted by molar-refractivity contribution is 5.35. The fourth-order valence-electron chi connectivity index (χ4n) is 3.37. The van der Waals surface area contributed by atoms with Crippen molar-refractivity contribution in [3.05, 3.63) is 70.8 Å². The number of hydrogen-bond acceptors (Lipinski definition) is 2. The third kappa shape index (κ3) is 4.86. The highest BCUT2D eigenvalue weighted by atomic mass is 19.4. The molecule has 1 N–H and O–H groups in total. The van der Waals surface area contributed by atoms with E-state index in [1.165, 1.54) is 0 Å². The van der Waals surface area contributed by atoms with E-state index in [1.807, 2.05) is 30.3 Å². The summed E-state index contributed by atoms with van der Waals surface area (Å²) in [6.45, 7) is 0.343. The Labute approximate surface area is 158 Å². The Morgan fingerprint density at radius 3 is 2.29 bits per heavy atom. The van der Waals surface area contributed by atoms with Gasteiger partial charge in [0.15, 0.2) is 0 Å². The van der Waals surface area contributed by atoms with Gasteiger partial charge in [-0.3, -0.25) is 0 Å². The number of alkyl halides is 6. The minimum absolute atomic E-state index is 0.145. The summed E-state index contributed by atoms with van der Waals surface area (Å²) in [5.74, 6) is 0. The normalized spacial score (nSPS) is 20.9. The minimum atomic E-state index is -4.90. The molecule has 8 heteroatoms. The van der Waals surface area contributed by atoms with Gasteiger partial charge in [0.05, 0.1) is 29.9 Å². The van der Waals surface area contributed by atoms with Crippen LogP contribution in [0.1, 0.15) is 41.1 Å². The first-order valence-electron chi connectivity index (χ1n) is 8.83. The van der Waals surface area contributed by atoms with E-state index < -0.39 is 30.1 Å². The lowest BCUT2D eigenvalue weighted by Gasteiger charge is -2.33. The Morgan fingerprint density at radius 2 is 1.64 bits per heavy atom. The van der Waals surface area contributed by atoms with E-state index in [9.17, 15) is 26.3 Å². The molecule has 0 unspecified atom stereocenters. The number of rotatable bonds is 4. The van der Waals surface area contributed by atoms with Crippen molar-refractivity contribution in [2.75, 3.05) is 6.54 Å². The number of ether oxygens (including phenoxy) is 1. The second-order valence-electron chi connectivity index (χ2n) is 6.70. The van der Waals surface area contributed by atoms with Crippen molar-refractivity contribution in [2.45, 2.75) is 43.9 Å². The SMILES string of the molecule is FC(F)(F)c1ccc(CO[C@H]2CCCN[C@@H]2c2ccccc2)c(C(F)(F)F)c1. The lowest BCUT2D eigenvalue weighted by Crippen LogP contribution is -2.39. The van der Waals surface area contributed by atoms with Gasteiger partial charge in [0.2, 0.25) is 0 Å². The molecular weight excluding hydrogens is 384 g/mol. The average molecular weight is 403 g/mol. The van der Waals surface area contributed by atoms with Crippen molar-refractivity contribution >= 4 is 0 Å². The molecule has 0 spiro atoms. The molecule has 1 aliphatic rings. The first kappa shape index (κ1) is 20.7. The average Bonchev–Trinajstić information content (AvgIpc) is 2.65. The Balaban J connectivity index is 1.81. The molecule has 2 aromatic carbocycles. The van der Waals surface area contributed by atoms with Crippen molar-refractivity contribution in [3.63, 3.8) is 0 Å². The monoisotopic (exact) mass is 403 g/mol.